The molecule has 0 aliphatic carbocycles. The Bertz CT molecular complexity index is 3230. The molecule has 23 nitrogen and oxygen atoms in total. The normalized spacial score (nSPS) is 17.8. The number of carbonyl (C=O) groups excluding carboxylic acids is 4. The molecule has 3 aromatic heterocycles. The van der Waals surface area contributed by atoms with Gasteiger partial charge in [0.05, 0.1) is 31.0 Å². The molecule has 3 aromatic carbocycles. The molecular formula is C57H71F2N12O11+. The number of anilines is 3. The maximum atomic E-state index is 15.7. The first-order valence-corrected chi connectivity index (χ1v) is 27.1. The van der Waals surface area contributed by atoms with Crippen LogP contribution >= 0.6 is 0 Å². The Morgan fingerprint density at radius 1 is 0.963 bits per heavy atom. The summed E-state index contributed by atoms with van der Waals surface area (Å²) in [6.07, 6.45) is 3.09. The summed E-state index contributed by atoms with van der Waals surface area (Å²) < 4.78 is 65.2. The molecule has 25 heteroatoms. The second-order valence-corrected chi connectivity index (χ2v) is 21.5. The highest BCUT2D eigenvalue weighted by Crippen LogP contribution is 2.42. The number of nitrogens with two attached hydrogens (primary N) is 1. The summed E-state index contributed by atoms with van der Waals surface area (Å²) in [6.45, 7) is 13.4. The summed E-state index contributed by atoms with van der Waals surface area (Å²) in [4.78, 5) is 74.0. The fraction of sp³-hybridized carbons (Fsp3) is 0.456. The van der Waals surface area contributed by atoms with Crippen LogP contribution in [-0.2, 0) is 47.3 Å². The zero-order valence-corrected chi connectivity index (χ0v) is 47.0. The van der Waals surface area contributed by atoms with Gasteiger partial charge in [-0.15, -0.1) is 4.68 Å². The number of hydrogen-bond donors (Lipinski definition) is 3. The van der Waals surface area contributed by atoms with Crippen molar-refractivity contribution in [3.05, 3.63) is 137 Å². The van der Waals surface area contributed by atoms with Crippen molar-refractivity contribution in [1.82, 2.24) is 34.4 Å². The van der Waals surface area contributed by atoms with Crippen LogP contribution in [-0.4, -0.2) is 122 Å². The zero-order chi connectivity index (χ0) is 58.9. The van der Waals surface area contributed by atoms with Crippen LogP contribution in [0.2, 0.25) is 0 Å². The van der Waals surface area contributed by atoms with E-state index >= 15 is 4.39 Å². The molecule has 6 atom stereocenters. The van der Waals surface area contributed by atoms with Crippen LogP contribution < -0.4 is 40.7 Å². The van der Waals surface area contributed by atoms with Crippen molar-refractivity contribution in [2.45, 2.75) is 116 Å². The number of hydrogen-bond acceptors (Lipinski definition) is 16. The smallest absolute Gasteiger partial charge is 0.418 e. The Morgan fingerprint density at radius 3 is 2.27 bits per heavy atom. The summed E-state index contributed by atoms with van der Waals surface area (Å²) in [5.74, 6) is -2.51. The van der Waals surface area contributed by atoms with E-state index in [1.807, 2.05) is 55.5 Å². The molecule has 0 radical (unpaired) electrons. The average Bonchev–Trinajstić information content (AvgIpc) is 4.21. The number of aliphatic hydroxyl groups is 1. The molecule has 0 bridgehead atoms. The van der Waals surface area contributed by atoms with Crippen molar-refractivity contribution in [3.63, 3.8) is 0 Å². The quantitative estimate of drug-likeness (QED) is 0.0409. The molecule has 6 aromatic rings. The molecule has 2 fully saturated rings. The van der Waals surface area contributed by atoms with Crippen molar-refractivity contribution in [2.75, 3.05) is 61.1 Å². The van der Waals surface area contributed by atoms with Gasteiger partial charge in [-0.1, -0.05) is 19.1 Å². The third-order valence-corrected chi connectivity index (χ3v) is 14.3. The largest absolute Gasteiger partial charge is 0.493 e. The first-order chi connectivity index (χ1) is 39.1. The van der Waals surface area contributed by atoms with Gasteiger partial charge in [0.25, 0.3) is 6.33 Å². The number of benzene rings is 3. The Morgan fingerprint density at radius 2 is 1.63 bits per heavy atom. The summed E-state index contributed by atoms with van der Waals surface area (Å²) in [7, 11) is 1.42. The van der Waals surface area contributed by atoms with E-state index in [1.54, 1.807) is 53.1 Å². The number of esters is 1. The van der Waals surface area contributed by atoms with E-state index in [1.165, 1.54) is 56.5 Å². The second kappa shape index (κ2) is 26.0. The number of aliphatic hydroxyl groups excluding tert-OH is 1. The van der Waals surface area contributed by atoms with Crippen LogP contribution in [0.25, 0.3) is 5.69 Å². The molecule has 4 N–H and O–H groups in total. The number of nitrogens with one attached hydrogen (secondary N) is 1. The molecule has 5 heterocycles. The molecular weight excluding hydrogens is 1070 g/mol. The first-order valence-electron chi connectivity index (χ1n) is 27.1. The van der Waals surface area contributed by atoms with Crippen molar-refractivity contribution in [2.24, 2.45) is 11.7 Å². The Kier molecular flexibility index (Phi) is 18.9. The lowest BCUT2D eigenvalue weighted by atomic mass is 9.87. The standard InChI is InChI=1S/C57H70F2N12O11/c1-8-49(37(2)72)71-54(76)70(35-63-71)44-14-12-42(13-15-44)66-24-26-67(27-25-66)43-16-18-45(19-17-43)78-30-39-29-57(80-31-39,46-20-11-41(58)28-47(46)59)33-69-36-68(34-62-69)38(3)81-55(77)65(7)51-40(10-9-23-61-51)32-79-52(74)48(21-22-50(60)73)64-53(75)82-56(4,5)6/h9-20,23,28,34-39,48-49,72H,8,21-22,24-27,29-33H2,1-7H3,(H2-,60,64,73,75)/p+1/t37-,38?,39+,48-,49-,57-/m0/s1. The molecule has 82 heavy (non-hydrogen) atoms. The SMILES string of the molecule is CC[C@@H]([C@H](C)O)n1ncn(-c2ccc(N3CCN(c4ccc(OC[C@@H]5CO[C@@](Cn6c[n+](C(C)OC(=O)N(C)c7ncccc7COC(=O)[C@H](CCC(N)=O)NC(=O)OC(C)(C)C)cn6)(c6ccc(F)cc6F)C5)cc4)CC3)cc2)c1=O. The van der Waals surface area contributed by atoms with Gasteiger partial charge in [-0.05, 0) is 108 Å². The van der Waals surface area contributed by atoms with Crippen LogP contribution in [0.15, 0.2) is 109 Å². The van der Waals surface area contributed by atoms with Gasteiger partial charge in [0.1, 0.15) is 59.9 Å². The third-order valence-electron chi connectivity index (χ3n) is 14.3. The lowest BCUT2D eigenvalue weighted by Crippen LogP contribution is -2.46. The molecule has 0 saturated carbocycles. The topological polar surface area (TPSA) is 257 Å². The lowest BCUT2D eigenvalue weighted by molar-refractivity contribution is -0.753. The number of piperazine rings is 1. The first kappa shape index (κ1) is 59.7. The van der Waals surface area contributed by atoms with E-state index in [0.29, 0.717) is 29.8 Å². The summed E-state index contributed by atoms with van der Waals surface area (Å²) >= 11 is 0. The molecule has 2 aliphatic heterocycles. The van der Waals surface area contributed by atoms with Crippen LogP contribution in [0.1, 0.15) is 90.6 Å². The second-order valence-electron chi connectivity index (χ2n) is 21.5. The van der Waals surface area contributed by atoms with E-state index in [2.05, 4.69) is 30.3 Å². The molecule has 1 unspecified atom stereocenters. The summed E-state index contributed by atoms with van der Waals surface area (Å²) in [5, 5.41) is 21.3. The predicted octanol–water partition coefficient (Wildman–Crippen LogP) is 5.85. The Labute approximate surface area is 473 Å². The summed E-state index contributed by atoms with van der Waals surface area (Å²) in [6, 6.07) is 20.5. The molecule has 8 rings (SSSR count). The number of ether oxygens (including phenoxy) is 5. The number of pyridine rings is 1. The Balaban J connectivity index is 0.842. The minimum absolute atomic E-state index is 0.0123. The van der Waals surface area contributed by atoms with Gasteiger partial charge in [-0.2, -0.15) is 9.67 Å². The number of primary amides is 1. The maximum absolute atomic E-state index is 15.7. The van der Waals surface area contributed by atoms with Crippen LogP contribution in [0.5, 0.6) is 5.75 Å². The highest BCUT2D eigenvalue weighted by molar-refractivity contribution is 5.87. The molecule has 2 aliphatic rings. The van der Waals surface area contributed by atoms with E-state index in [0.717, 1.165) is 48.5 Å². The third kappa shape index (κ3) is 14.7. The van der Waals surface area contributed by atoms with Gasteiger partial charge in [0.2, 0.25) is 18.5 Å². The minimum Gasteiger partial charge on any atom is -0.493 e. The number of amides is 3. The number of aromatic nitrogens is 7. The van der Waals surface area contributed by atoms with Crippen LogP contribution in [0.4, 0.5) is 35.6 Å². The van der Waals surface area contributed by atoms with Gasteiger partial charge in [-0.25, -0.2) is 42.2 Å². The molecule has 3 amide bonds. The fourth-order valence-electron chi connectivity index (χ4n) is 9.99. The number of halogens is 2. The minimum atomic E-state index is -1.28. The molecule has 2 saturated heterocycles. The van der Waals surface area contributed by atoms with Gasteiger partial charge >= 0.3 is 23.8 Å². The van der Waals surface area contributed by atoms with Crippen molar-refractivity contribution in [1.29, 1.82) is 0 Å². The lowest BCUT2D eigenvalue weighted by Gasteiger charge is -2.37. The van der Waals surface area contributed by atoms with E-state index in [4.69, 9.17) is 29.4 Å². The van der Waals surface area contributed by atoms with E-state index in [-0.39, 0.29) is 62.2 Å². The van der Waals surface area contributed by atoms with Crippen molar-refractivity contribution >= 4 is 41.3 Å². The van der Waals surface area contributed by atoms with Gasteiger partial charge in [0, 0.05) is 92.4 Å². The highest BCUT2D eigenvalue weighted by Gasteiger charge is 2.46. The number of rotatable bonds is 22. The summed E-state index contributed by atoms with van der Waals surface area (Å²) in [5.41, 5.74) is 6.11. The van der Waals surface area contributed by atoms with Crippen LogP contribution in [0, 0.1) is 17.6 Å². The fourth-order valence-corrected chi connectivity index (χ4v) is 9.99. The number of carbonyl (C=O) groups is 4. The number of alkyl carbamates (subject to hydrolysis) is 1. The van der Waals surface area contributed by atoms with Crippen molar-refractivity contribution < 1.29 is 61.3 Å². The Hall–Kier alpha value is -8.45. The molecule has 0 spiro atoms. The van der Waals surface area contributed by atoms with Crippen LogP contribution in [0.3, 0.4) is 0 Å². The van der Waals surface area contributed by atoms with Crippen molar-refractivity contribution in [3.8, 4) is 11.4 Å². The average molecular weight is 1140 g/mol. The van der Waals surface area contributed by atoms with Gasteiger partial charge in [-0.3, -0.25) is 9.69 Å². The van der Waals surface area contributed by atoms with Gasteiger partial charge < -0.3 is 49.6 Å². The highest BCUT2D eigenvalue weighted by atomic mass is 19.1. The molecule has 438 valence electrons. The monoisotopic (exact) mass is 1140 g/mol. The van der Waals surface area contributed by atoms with Gasteiger partial charge in [0.15, 0.2) is 0 Å². The number of nitrogens with zero attached hydrogens (tertiary/aromatic N) is 10. The zero-order valence-electron chi connectivity index (χ0n) is 47.0. The maximum Gasteiger partial charge on any atom is 0.418 e. The predicted molar refractivity (Wildman–Crippen MR) is 295 cm³/mol. The van der Waals surface area contributed by atoms with E-state index < -0.39 is 71.3 Å². The van der Waals surface area contributed by atoms with E-state index in [9.17, 15) is 33.5 Å².